The molecule has 2 N–H and O–H groups in total. The largest absolute Gasteiger partial charge is 0.380 e. The topological polar surface area (TPSA) is 50.8 Å². The quantitative estimate of drug-likeness (QED) is 0.880. The number of hydrogen-bond acceptors (Lipinski definition) is 4. The molecule has 19 heavy (non-hydrogen) atoms. The monoisotopic (exact) mass is 261 g/mol. The van der Waals surface area contributed by atoms with Gasteiger partial charge in [0.05, 0.1) is 19.2 Å². The van der Waals surface area contributed by atoms with E-state index in [1.54, 1.807) is 7.11 Å². The number of amidine groups is 1. The average Bonchev–Trinajstić information content (AvgIpc) is 2.89. The molecule has 2 rings (SSSR count). The van der Waals surface area contributed by atoms with Gasteiger partial charge in [-0.3, -0.25) is 4.99 Å². The van der Waals surface area contributed by atoms with E-state index in [1.165, 1.54) is 11.1 Å². The molecular formula is C15H23N3O. The first kappa shape index (κ1) is 14.0. The Balaban J connectivity index is 2.29. The van der Waals surface area contributed by atoms with Crippen LogP contribution >= 0.6 is 0 Å². The zero-order valence-electron chi connectivity index (χ0n) is 12.0. The lowest BCUT2D eigenvalue weighted by Gasteiger charge is -2.24. The van der Waals surface area contributed by atoms with E-state index in [4.69, 9.17) is 10.5 Å². The standard InChI is InChI=1S/C15H23N3O/c1-4-18-9-8-17-15(18)14(16)13-7-5-6-12(10-19-3)11(13)2/h5-7,14H,4,8-10,16H2,1-3H3. The number of nitrogens with two attached hydrogens (primary N) is 1. The van der Waals surface area contributed by atoms with Crippen molar-refractivity contribution >= 4 is 5.84 Å². The summed E-state index contributed by atoms with van der Waals surface area (Å²) < 4.78 is 5.23. The molecule has 0 saturated heterocycles. The van der Waals surface area contributed by atoms with Crippen molar-refractivity contribution in [1.82, 2.24) is 4.90 Å². The van der Waals surface area contributed by atoms with E-state index >= 15 is 0 Å². The maximum absolute atomic E-state index is 6.42. The minimum absolute atomic E-state index is 0.140. The van der Waals surface area contributed by atoms with Crippen LogP contribution in [0.25, 0.3) is 0 Å². The number of aliphatic imine (C=N–C) groups is 1. The van der Waals surface area contributed by atoms with E-state index in [1.807, 2.05) is 6.07 Å². The maximum Gasteiger partial charge on any atom is 0.121 e. The molecule has 0 aromatic heterocycles. The summed E-state index contributed by atoms with van der Waals surface area (Å²) in [6.07, 6.45) is 0. The Morgan fingerprint density at radius 1 is 1.47 bits per heavy atom. The number of rotatable bonds is 5. The van der Waals surface area contributed by atoms with Crippen LogP contribution in [-0.2, 0) is 11.3 Å². The fourth-order valence-electron chi connectivity index (χ4n) is 2.61. The van der Waals surface area contributed by atoms with E-state index in [0.29, 0.717) is 6.61 Å². The molecule has 0 aliphatic carbocycles. The van der Waals surface area contributed by atoms with Gasteiger partial charge >= 0.3 is 0 Å². The molecule has 0 bridgehead atoms. The predicted molar refractivity (Wildman–Crippen MR) is 78.4 cm³/mol. The summed E-state index contributed by atoms with van der Waals surface area (Å²) >= 11 is 0. The van der Waals surface area contributed by atoms with Crippen LogP contribution in [0.15, 0.2) is 23.2 Å². The average molecular weight is 261 g/mol. The third-order valence-corrected chi connectivity index (χ3v) is 3.75. The van der Waals surface area contributed by atoms with Crippen molar-refractivity contribution in [1.29, 1.82) is 0 Å². The molecule has 1 heterocycles. The molecule has 0 fully saturated rings. The van der Waals surface area contributed by atoms with Crippen molar-refractivity contribution < 1.29 is 4.74 Å². The van der Waals surface area contributed by atoms with Crippen molar-refractivity contribution in [3.8, 4) is 0 Å². The van der Waals surface area contributed by atoms with Crippen LogP contribution in [0.4, 0.5) is 0 Å². The van der Waals surface area contributed by atoms with E-state index in [-0.39, 0.29) is 6.04 Å². The summed E-state index contributed by atoms with van der Waals surface area (Å²) in [6.45, 7) is 7.67. The number of benzene rings is 1. The molecule has 4 heteroatoms. The lowest BCUT2D eigenvalue weighted by atomic mass is 9.96. The summed E-state index contributed by atoms with van der Waals surface area (Å²) in [7, 11) is 1.71. The molecule has 1 aliphatic rings. The fourth-order valence-corrected chi connectivity index (χ4v) is 2.61. The summed E-state index contributed by atoms with van der Waals surface area (Å²) in [5, 5.41) is 0. The van der Waals surface area contributed by atoms with Crippen LogP contribution < -0.4 is 5.73 Å². The molecule has 1 aromatic carbocycles. The van der Waals surface area contributed by atoms with Crippen LogP contribution in [0.5, 0.6) is 0 Å². The minimum Gasteiger partial charge on any atom is -0.380 e. The second-order valence-corrected chi connectivity index (χ2v) is 4.86. The molecule has 1 unspecified atom stereocenters. The first-order chi connectivity index (χ1) is 9.19. The van der Waals surface area contributed by atoms with Gasteiger partial charge in [-0.05, 0) is 30.5 Å². The molecule has 1 atom stereocenters. The van der Waals surface area contributed by atoms with Gasteiger partial charge < -0.3 is 15.4 Å². The van der Waals surface area contributed by atoms with Gasteiger partial charge in [0, 0.05) is 20.2 Å². The van der Waals surface area contributed by atoms with E-state index < -0.39 is 0 Å². The Bertz CT molecular complexity index is 470. The molecule has 0 spiro atoms. The Labute approximate surface area is 115 Å². The van der Waals surface area contributed by atoms with Gasteiger partial charge in [-0.15, -0.1) is 0 Å². The zero-order chi connectivity index (χ0) is 13.8. The van der Waals surface area contributed by atoms with Crippen LogP contribution in [0.3, 0.4) is 0 Å². The SMILES string of the molecule is CCN1CCN=C1C(N)c1cccc(COC)c1C. The van der Waals surface area contributed by atoms with Crippen molar-refractivity contribution in [3.05, 3.63) is 34.9 Å². The van der Waals surface area contributed by atoms with Crippen LogP contribution in [0, 0.1) is 6.92 Å². The fraction of sp³-hybridized carbons (Fsp3) is 0.533. The predicted octanol–water partition coefficient (Wildman–Crippen LogP) is 1.88. The molecule has 104 valence electrons. The number of hydrogen-bond donors (Lipinski definition) is 1. The van der Waals surface area contributed by atoms with Crippen LogP contribution in [0.1, 0.15) is 29.7 Å². The second kappa shape index (κ2) is 6.17. The van der Waals surface area contributed by atoms with Crippen molar-refractivity contribution in [2.45, 2.75) is 26.5 Å². The number of nitrogens with zero attached hydrogens (tertiary/aromatic N) is 2. The number of methoxy groups -OCH3 is 1. The van der Waals surface area contributed by atoms with Crippen LogP contribution in [-0.4, -0.2) is 37.5 Å². The Hall–Kier alpha value is -1.39. The Morgan fingerprint density at radius 2 is 2.26 bits per heavy atom. The number of likely N-dealkylation sites (N-methyl/N-ethyl adjacent to an activating group) is 1. The molecule has 1 aliphatic heterocycles. The summed E-state index contributed by atoms with van der Waals surface area (Å²) in [5.41, 5.74) is 9.97. The first-order valence-corrected chi connectivity index (χ1v) is 6.81. The second-order valence-electron chi connectivity index (χ2n) is 4.86. The summed E-state index contributed by atoms with van der Waals surface area (Å²) in [6, 6.07) is 6.08. The van der Waals surface area contributed by atoms with Gasteiger partial charge in [0.25, 0.3) is 0 Å². The Morgan fingerprint density at radius 3 is 2.95 bits per heavy atom. The summed E-state index contributed by atoms with van der Waals surface area (Å²) in [5.74, 6) is 1.01. The lowest BCUT2D eigenvalue weighted by molar-refractivity contribution is 0.184. The van der Waals surface area contributed by atoms with E-state index in [2.05, 4.69) is 35.9 Å². The highest BCUT2D eigenvalue weighted by atomic mass is 16.5. The third-order valence-electron chi connectivity index (χ3n) is 3.75. The van der Waals surface area contributed by atoms with Gasteiger partial charge in [0.15, 0.2) is 0 Å². The van der Waals surface area contributed by atoms with E-state index in [9.17, 15) is 0 Å². The molecule has 0 saturated carbocycles. The lowest BCUT2D eigenvalue weighted by Crippen LogP contribution is -2.36. The normalized spacial score (nSPS) is 16.6. The van der Waals surface area contributed by atoms with Gasteiger partial charge in [-0.1, -0.05) is 18.2 Å². The highest BCUT2D eigenvalue weighted by Crippen LogP contribution is 2.23. The highest BCUT2D eigenvalue weighted by molar-refractivity contribution is 5.90. The van der Waals surface area contributed by atoms with Gasteiger partial charge in [0.1, 0.15) is 5.84 Å². The van der Waals surface area contributed by atoms with Crippen molar-refractivity contribution in [2.75, 3.05) is 26.7 Å². The zero-order valence-corrected chi connectivity index (χ0v) is 12.0. The molecular weight excluding hydrogens is 238 g/mol. The van der Waals surface area contributed by atoms with Gasteiger partial charge in [0.2, 0.25) is 0 Å². The summed E-state index contributed by atoms with van der Waals surface area (Å²) in [4.78, 5) is 6.82. The van der Waals surface area contributed by atoms with Crippen LogP contribution in [0.2, 0.25) is 0 Å². The Kier molecular flexibility index (Phi) is 4.56. The maximum atomic E-state index is 6.42. The first-order valence-electron chi connectivity index (χ1n) is 6.81. The molecule has 0 amide bonds. The van der Waals surface area contributed by atoms with Gasteiger partial charge in [-0.2, -0.15) is 0 Å². The van der Waals surface area contributed by atoms with E-state index in [0.717, 1.165) is 31.0 Å². The van der Waals surface area contributed by atoms with Gasteiger partial charge in [-0.25, -0.2) is 0 Å². The molecule has 1 aromatic rings. The minimum atomic E-state index is -0.140. The van der Waals surface area contributed by atoms with Crippen molar-refractivity contribution in [3.63, 3.8) is 0 Å². The molecule has 4 nitrogen and oxygen atoms in total. The number of ether oxygens (including phenoxy) is 1. The third kappa shape index (κ3) is 2.80. The van der Waals surface area contributed by atoms with Crippen molar-refractivity contribution in [2.24, 2.45) is 10.7 Å². The highest BCUT2D eigenvalue weighted by Gasteiger charge is 2.24. The smallest absolute Gasteiger partial charge is 0.121 e. The molecule has 0 radical (unpaired) electrons.